The van der Waals surface area contributed by atoms with Crippen LogP contribution in [0, 0.1) is 11.5 Å². The van der Waals surface area contributed by atoms with E-state index in [1.807, 2.05) is 54.6 Å². The summed E-state index contributed by atoms with van der Waals surface area (Å²) >= 11 is 0. The summed E-state index contributed by atoms with van der Waals surface area (Å²) in [6.07, 6.45) is 4.91. The van der Waals surface area contributed by atoms with Crippen LogP contribution in [0.25, 0.3) is 11.1 Å². The number of ether oxygens (including phenoxy) is 1. The summed E-state index contributed by atoms with van der Waals surface area (Å²) in [4.78, 5) is 19.7. The van der Waals surface area contributed by atoms with Gasteiger partial charge >= 0.3 is 0 Å². The number of pyridine rings is 1. The molecule has 0 radical (unpaired) electrons. The smallest absolute Gasteiger partial charge is 0.239 e. The molecule has 156 valence electrons. The average Bonchev–Trinajstić information content (AvgIpc) is 2.82. The molecule has 0 atom stereocenters. The standard InChI is InChI=1S/C23H22N6O2/c24-17-28-23(29-19-10-12-25-13-11-19)27-16-22(30)26-14-15-31-21-9-5-4-8-20(21)18-6-2-1-3-7-18/h1-13H,14-16H2,(H,26,30)(H2,25,27,28,29). The molecule has 8 nitrogen and oxygen atoms in total. The number of nitrogens with zero attached hydrogens (tertiary/aromatic N) is 3. The van der Waals surface area contributed by atoms with E-state index in [0.717, 1.165) is 16.9 Å². The second-order valence-corrected chi connectivity index (χ2v) is 6.34. The van der Waals surface area contributed by atoms with E-state index in [1.165, 1.54) is 0 Å². The van der Waals surface area contributed by atoms with Crippen LogP contribution in [0.1, 0.15) is 0 Å². The molecule has 0 saturated heterocycles. The van der Waals surface area contributed by atoms with Gasteiger partial charge in [-0.15, -0.1) is 4.99 Å². The van der Waals surface area contributed by atoms with Crippen LogP contribution >= 0.6 is 0 Å². The molecule has 31 heavy (non-hydrogen) atoms. The summed E-state index contributed by atoms with van der Waals surface area (Å²) in [5, 5.41) is 17.3. The average molecular weight is 414 g/mol. The number of rotatable bonds is 8. The van der Waals surface area contributed by atoms with E-state index in [0.29, 0.717) is 18.8 Å². The largest absolute Gasteiger partial charge is 0.491 e. The summed E-state index contributed by atoms with van der Waals surface area (Å²) in [7, 11) is 0. The molecule has 0 aliphatic heterocycles. The first kappa shape index (κ1) is 21.3. The van der Waals surface area contributed by atoms with E-state index in [1.54, 1.807) is 30.7 Å². The van der Waals surface area contributed by atoms with Crippen molar-refractivity contribution in [3.8, 4) is 23.1 Å². The quantitative estimate of drug-likeness (QED) is 0.226. The predicted molar refractivity (Wildman–Crippen MR) is 119 cm³/mol. The Kier molecular flexibility index (Phi) is 7.97. The number of nitriles is 1. The van der Waals surface area contributed by atoms with Gasteiger partial charge in [0.1, 0.15) is 12.4 Å². The number of carbonyl (C=O) groups is 1. The molecule has 3 N–H and O–H groups in total. The van der Waals surface area contributed by atoms with Gasteiger partial charge < -0.3 is 20.7 Å². The minimum atomic E-state index is -0.248. The zero-order chi connectivity index (χ0) is 21.7. The van der Waals surface area contributed by atoms with Gasteiger partial charge in [-0.25, -0.2) is 0 Å². The Bertz CT molecular complexity index is 1050. The van der Waals surface area contributed by atoms with Gasteiger partial charge in [0, 0.05) is 23.6 Å². The van der Waals surface area contributed by atoms with E-state index in [9.17, 15) is 4.79 Å². The Balaban J connectivity index is 1.44. The van der Waals surface area contributed by atoms with Crippen molar-refractivity contribution >= 4 is 17.6 Å². The molecule has 3 aromatic rings. The zero-order valence-corrected chi connectivity index (χ0v) is 16.8. The van der Waals surface area contributed by atoms with Crippen molar-refractivity contribution < 1.29 is 9.53 Å². The monoisotopic (exact) mass is 414 g/mol. The van der Waals surface area contributed by atoms with E-state index >= 15 is 0 Å². The highest BCUT2D eigenvalue weighted by atomic mass is 16.5. The number of hydrogen-bond acceptors (Lipinski definition) is 5. The van der Waals surface area contributed by atoms with Crippen LogP contribution < -0.4 is 20.7 Å². The number of nitrogens with one attached hydrogen (secondary N) is 3. The van der Waals surface area contributed by atoms with Crippen LogP contribution in [-0.2, 0) is 4.79 Å². The van der Waals surface area contributed by atoms with Crippen LogP contribution in [-0.4, -0.2) is 36.5 Å². The molecule has 0 spiro atoms. The fourth-order valence-corrected chi connectivity index (χ4v) is 2.76. The minimum absolute atomic E-state index is 0.0425. The maximum Gasteiger partial charge on any atom is 0.239 e. The Labute approximate surface area is 180 Å². The Morgan fingerprint density at radius 3 is 2.52 bits per heavy atom. The number of aromatic nitrogens is 1. The molecular formula is C23H22N6O2. The number of hydrogen-bond donors (Lipinski definition) is 3. The fourth-order valence-electron chi connectivity index (χ4n) is 2.76. The zero-order valence-electron chi connectivity index (χ0n) is 16.8. The second-order valence-electron chi connectivity index (χ2n) is 6.34. The topological polar surface area (TPSA) is 111 Å². The molecule has 1 amide bonds. The third-order valence-corrected chi connectivity index (χ3v) is 4.17. The summed E-state index contributed by atoms with van der Waals surface area (Å²) in [6.45, 7) is 0.620. The van der Waals surface area contributed by atoms with Gasteiger partial charge in [-0.1, -0.05) is 48.5 Å². The fraction of sp³-hybridized carbons (Fsp3) is 0.130. The van der Waals surface area contributed by atoms with Crippen LogP contribution in [0.2, 0.25) is 0 Å². The molecular weight excluding hydrogens is 392 g/mol. The number of aliphatic imine (C=N–C) groups is 1. The summed E-state index contributed by atoms with van der Waals surface area (Å²) in [6, 6.07) is 21.2. The lowest BCUT2D eigenvalue weighted by molar-refractivity contribution is -0.120. The summed E-state index contributed by atoms with van der Waals surface area (Å²) in [5.41, 5.74) is 2.76. The van der Waals surface area contributed by atoms with Gasteiger partial charge in [-0.2, -0.15) is 5.26 Å². The van der Waals surface area contributed by atoms with Crippen LogP contribution in [0.4, 0.5) is 5.69 Å². The van der Waals surface area contributed by atoms with Crippen molar-refractivity contribution in [3.05, 3.63) is 79.1 Å². The maximum absolute atomic E-state index is 12.1. The lowest BCUT2D eigenvalue weighted by Crippen LogP contribution is -2.40. The number of carbonyl (C=O) groups excluding carboxylic acids is 1. The molecule has 8 heteroatoms. The van der Waals surface area contributed by atoms with E-state index in [2.05, 4.69) is 25.9 Å². The molecule has 0 aliphatic rings. The first-order valence-electron chi connectivity index (χ1n) is 9.68. The summed E-state index contributed by atoms with van der Waals surface area (Å²) < 4.78 is 5.86. The van der Waals surface area contributed by atoms with Crippen molar-refractivity contribution in [3.63, 3.8) is 0 Å². The molecule has 0 unspecified atom stereocenters. The predicted octanol–water partition coefficient (Wildman–Crippen LogP) is 2.78. The van der Waals surface area contributed by atoms with Gasteiger partial charge in [0.05, 0.1) is 13.1 Å². The molecule has 0 bridgehead atoms. The second kappa shape index (κ2) is 11.6. The first-order chi connectivity index (χ1) is 15.3. The van der Waals surface area contributed by atoms with Crippen molar-refractivity contribution in [2.45, 2.75) is 0 Å². The van der Waals surface area contributed by atoms with Gasteiger partial charge in [-0.3, -0.25) is 9.78 Å². The van der Waals surface area contributed by atoms with Crippen molar-refractivity contribution in [1.29, 1.82) is 5.26 Å². The highest BCUT2D eigenvalue weighted by Crippen LogP contribution is 2.29. The maximum atomic E-state index is 12.1. The Morgan fingerprint density at radius 1 is 1.00 bits per heavy atom. The van der Waals surface area contributed by atoms with Gasteiger partial charge in [-0.05, 0) is 23.8 Å². The number of anilines is 1. The van der Waals surface area contributed by atoms with Crippen molar-refractivity contribution in [1.82, 2.24) is 15.6 Å². The molecule has 3 rings (SSSR count). The highest BCUT2D eigenvalue weighted by Gasteiger charge is 2.07. The normalized spacial score (nSPS) is 10.6. The number of benzene rings is 2. The molecule has 0 saturated carbocycles. The van der Waals surface area contributed by atoms with Crippen LogP contribution in [0.3, 0.4) is 0 Å². The van der Waals surface area contributed by atoms with Gasteiger partial charge in [0.25, 0.3) is 0 Å². The van der Waals surface area contributed by atoms with Crippen LogP contribution in [0.15, 0.2) is 84.1 Å². The minimum Gasteiger partial charge on any atom is -0.491 e. The number of guanidine groups is 1. The van der Waals surface area contributed by atoms with Gasteiger partial charge in [0.2, 0.25) is 18.1 Å². The molecule has 1 heterocycles. The first-order valence-corrected chi connectivity index (χ1v) is 9.68. The van der Waals surface area contributed by atoms with E-state index < -0.39 is 0 Å². The van der Waals surface area contributed by atoms with E-state index in [4.69, 9.17) is 10.00 Å². The van der Waals surface area contributed by atoms with E-state index in [-0.39, 0.29) is 18.4 Å². The molecule has 1 aromatic heterocycles. The Morgan fingerprint density at radius 2 is 1.74 bits per heavy atom. The third kappa shape index (κ3) is 6.87. The molecule has 0 aliphatic carbocycles. The SMILES string of the molecule is N#C/N=C(/NCC(=O)NCCOc1ccccc1-c1ccccc1)Nc1ccncc1. The molecule has 2 aromatic carbocycles. The van der Waals surface area contributed by atoms with Crippen molar-refractivity contribution in [2.24, 2.45) is 4.99 Å². The number of amides is 1. The van der Waals surface area contributed by atoms with Crippen LogP contribution in [0.5, 0.6) is 5.75 Å². The lowest BCUT2D eigenvalue weighted by Gasteiger charge is -2.13. The van der Waals surface area contributed by atoms with Gasteiger partial charge in [0.15, 0.2) is 0 Å². The third-order valence-electron chi connectivity index (χ3n) is 4.17. The van der Waals surface area contributed by atoms with Crippen molar-refractivity contribution in [2.75, 3.05) is 25.0 Å². The number of para-hydroxylation sites is 1. The lowest BCUT2D eigenvalue weighted by atomic mass is 10.1. The Hall–Kier alpha value is -4.38. The molecule has 0 fully saturated rings. The summed E-state index contributed by atoms with van der Waals surface area (Å²) in [5.74, 6) is 0.685. The highest BCUT2D eigenvalue weighted by molar-refractivity contribution is 5.96.